The normalized spacial score (nSPS) is 15.6. The first-order valence-electron chi connectivity index (χ1n) is 5.58. The molecule has 4 nitrogen and oxygen atoms in total. The van der Waals surface area contributed by atoms with Gasteiger partial charge in [0.05, 0.1) is 12.7 Å². The zero-order chi connectivity index (χ0) is 11.7. The molecule has 0 aromatic carbocycles. The van der Waals surface area contributed by atoms with Crippen LogP contribution in [0.2, 0.25) is 0 Å². The fraction of sp³-hybridized carbons (Fsp3) is 1.00. The fourth-order valence-corrected chi connectivity index (χ4v) is 1.21. The van der Waals surface area contributed by atoms with Crippen LogP contribution in [0.3, 0.4) is 0 Å². The van der Waals surface area contributed by atoms with Gasteiger partial charge in [0.2, 0.25) is 0 Å². The van der Waals surface area contributed by atoms with Crippen molar-refractivity contribution in [3.8, 4) is 0 Å². The lowest BCUT2D eigenvalue weighted by Crippen LogP contribution is -2.43. The van der Waals surface area contributed by atoms with E-state index in [2.05, 4.69) is 31.4 Å². The van der Waals surface area contributed by atoms with E-state index in [4.69, 9.17) is 9.47 Å². The zero-order valence-corrected chi connectivity index (χ0v) is 10.7. The van der Waals surface area contributed by atoms with E-state index in [1.807, 2.05) is 0 Å². The lowest BCUT2D eigenvalue weighted by Gasteiger charge is -2.20. The smallest absolute Gasteiger partial charge is 0.0928 e. The lowest BCUT2D eigenvalue weighted by molar-refractivity contribution is 0.0276. The number of hydrogen-bond acceptors (Lipinski definition) is 4. The lowest BCUT2D eigenvalue weighted by atomic mass is 10.2. The van der Waals surface area contributed by atoms with Crippen LogP contribution in [-0.2, 0) is 9.47 Å². The van der Waals surface area contributed by atoms with Gasteiger partial charge in [0, 0.05) is 39.4 Å². The Morgan fingerprint density at radius 1 is 1.00 bits per heavy atom. The molecule has 15 heavy (non-hydrogen) atoms. The van der Waals surface area contributed by atoms with Crippen molar-refractivity contribution in [2.75, 3.05) is 33.9 Å². The monoisotopic (exact) mass is 218 g/mol. The van der Waals surface area contributed by atoms with E-state index < -0.39 is 0 Å². The predicted octanol–water partition coefficient (Wildman–Crippen LogP) is 0.624. The average molecular weight is 218 g/mol. The van der Waals surface area contributed by atoms with Crippen LogP contribution in [0.25, 0.3) is 0 Å². The molecule has 0 spiro atoms. The quantitative estimate of drug-likeness (QED) is 0.595. The summed E-state index contributed by atoms with van der Waals surface area (Å²) in [5.41, 5.74) is 0. The van der Waals surface area contributed by atoms with Gasteiger partial charge in [-0.2, -0.15) is 0 Å². The molecule has 4 heteroatoms. The Morgan fingerprint density at radius 3 is 2.13 bits per heavy atom. The first kappa shape index (κ1) is 14.8. The topological polar surface area (TPSA) is 42.5 Å². The van der Waals surface area contributed by atoms with E-state index in [0.717, 1.165) is 13.1 Å². The third-order valence-corrected chi connectivity index (χ3v) is 2.21. The summed E-state index contributed by atoms with van der Waals surface area (Å²) in [5.74, 6) is 0. The Kier molecular flexibility index (Phi) is 9.00. The Morgan fingerprint density at radius 2 is 1.67 bits per heavy atom. The molecule has 2 atom stereocenters. The number of rotatable bonds is 9. The molecule has 0 radical (unpaired) electrons. The molecule has 2 unspecified atom stereocenters. The van der Waals surface area contributed by atoms with Gasteiger partial charge in [0.1, 0.15) is 0 Å². The van der Waals surface area contributed by atoms with Crippen LogP contribution in [0.5, 0.6) is 0 Å². The van der Waals surface area contributed by atoms with Crippen molar-refractivity contribution in [3.05, 3.63) is 0 Å². The summed E-state index contributed by atoms with van der Waals surface area (Å²) in [7, 11) is 3.40. The highest BCUT2D eigenvalue weighted by atomic mass is 16.5. The SMILES string of the molecule is COCC(CNC(C)CNC(C)C)OC. The number of methoxy groups -OCH3 is 2. The van der Waals surface area contributed by atoms with Gasteiger partial charge in [-0.15, -0.1) is 0 Å². The van der Waals surface area contributed by atoms with Gasteiger partial charge < -0.3 is 20.1 Å². The van der Waals surface area contributed by atoms with E-state index in [9.17, 15) is 0 Å². The Hall–Kier alpha value is -0.160. The van der Waals surface area contributed by atoms with Crippen LogP contribution in [0.15, 0.2) is 0 Å². The molecule has 0 aromatic heterocycles. The largest absolute Gasteiger partial charge is 0.382 e. The number of hydrogen-bond donors (Lipinski definition) is 2. The second-order valence-electron chi connectivity index (χ2n) is 4.19. The molecule has 0 aliphatic carbocycles. The summed E-state index contributed by atoms with van der Waals surface area (Å²) in [4.78, 5) is 0. The first-order chi connectivity index (χ1) is 7.10. The molecule has 0 saturated heterocycles. The van der Waals surface area contributed by atoms with E-state index in [1.165, 1.54) is 0 Å². The van der Waals surface area contributed by atoms with Gasteiger partial charge >= 0.3 is 0 Å². The minimum atomic E-state index is 0.136. The Bertz CT molecular complexity index is 143. The Balaban J connectivity index is 3.54. The molecular formula is C11H26N2O2. The van der Waals surface area contributed by atoms with Gasteiger partial charge in [0.15, 0.2) is 0 Å². The van der Waals surface area contributed by atoms with E-state index in [1.54, 1.807) is 14.2 Å². The van der Waals surface area contributed by atoms with Crippen LogP contribution in [-0.4, -0.2) is 52.1 Å². The maximum atomic E-state index is 5.26. The summed E-state index contributed by atoms with van der Waals surface area (Å²) in [6.07, 6.45) is 0.136. The summed E-state index contributed by atoms with van der Waals surface area (Å²) in [6, 6.07) is 0.980. The molecule has 0 aromatic rings. The molecule has 0 amide bonds. The van der Waals surface area contributed by atoms with Crippen molar-refractivity contribution in [1.82, 2.24) is 10.6 Å². The zero-order valence-electron chi connectivity index (χ0n) is 10.7. The third-order valence-electron chi connectivity index (χ3n) is 2.21. The minimum absolute atomic E-state index is 0.136. The second kappa shape index (κ2) is 9.09. The molecule has 2 N–H and O–H groups in total. The third kappa shape index (κ3) is 8.81. The van der Waals surface area contributed by atoms with Crippen LogP contribution < -0.4 is 10.6 Å². The summed E-state index contributed by atoms with van der Waals surface area (Å²) >= 11 is 0. The van der Waals surface area contributed by atoms with Crippen molar-refractivity contribution in [3.63, 3.8) is 0 Å². The molecule has 0 saturated carbocycles. The molecule has 0 rings (SSSR count). The molecule has 92 valence electrons. The van der Waals surface area contributed by atoms with Crippen molar-refractivity contribution >= 4 is 0 Å². The van der Waals surface area contributed by atoms with Crippen molar-refractivity contribution in [2.45, 2.75) is 39.0 Å². The van der Waals surface area contributed by atoms with E-state index in [-0.39, 0.29) is 6.10 Å². The molecule has 0 aliphatic heterocycles. The molecule has 0 fully saturated rings. The Labute approximate surface area is 93.7 Å². The van der Waals surface area contributed by atoms with Gasteiger partial charge in [0.25, 0.3) is 0 Å². The highest BCUT2D eigenvalue weighted by Gasteiger charge is 2.08. The molecule has 0 bridgehead atoms. The van der Waals surface area contributed by atoms with Crippen molar-refractivity contribution in [1.29, 1.82) is 0 Å². The summed E-state index contributed by atoms with van der Waals surface area (Å²) in [5, 5.41) is 6.79. The van der Waals surface area contributed by atoms with Gasteiger partial charge in [-0.3, -0.25) is 0 Å². The average Bonchev–Trinajstić information content (AvgIpc) is 2.21. The van der Waals surface area contributed by atoms with Crippen LogP contribution in [0.1, 0.15) is 20.8 Å². The standard InChI is InChI=1S/C11H26N2O2/c1-9(2)12-6-10(3)13-7-11(15-5)8-14-4/h9-13H,6-8H2,1-5H3. The van der Waals surface area contributed by atoms with Crippen LogP contribution >= 0.6 is 0 Å². The minimum Gasteiger partial charge on any atom is -0.382 e. The van der Waals surface area contributed by atoms with Crippen LogP contribution in [0.4, 0.5) is 0 Å². The van der Waals surface area contributed by atoms with E-state index >= 15 is 0 Å². The summed E-state index contributed by atoms with van der Waals surface area (Å²) < 4.78 is 10.3. The summed E-state index contributed by atoms with van der Waals surface area (Å²) in [6.45, 7) is 8.89. The molecule has 0 heterocycles. The first-order valence-corrected chi connectivity index (χ1v) is 5.58. The number of ether oxygens (including phenoxy) is 2. The highest BCUT2D eigenvalue weighted by Crippen LogP contribution is 1.90. The fourth-order valence-electron chi connectivity index (χ4n) is 1.21. The number of nitrogens with one attached hydrogen (secondary N) is 2. The van der Waals surface area contributed by atoms with E-state index in [0.29, 0.717) is 18.7 Å². The maximum Gasteiger partial charge on any atom is 0.0928 e. The van der Waals surface area contributed by atoms with Gasteiger partial charge in [-0.25, -0.2) is 0 Å². The highest BCUT2D eigenvalue weighted by molar-refractivity contribution is 4.69. The second-order valence-corrected chi connectivity index (χ2v) is 4.19. The van der Waals surface area contributed by atoms with Crippen molar-refractivity contribution < 1.29 is 9.47 Å². The molecular weight excluding hydrogens is 192 g/mol. The predicted molar refractivity (Wildman–Crippen MR) is 63.3 cm³/mol. The van der Waals surface area contributed by atoms with Gasteiger partial charge in [-0.05, 0) is 6.92 Å². The van der Waals surface area contributed by atoms with Crippen LogP contribution in [0, 0.1) is 0 Å². The molecule has 0 aliphatic rings. The maximum absolute atomic E-state index is 5.26. The van der Waals surface area contributed by atoms with Gasteiger partial charge in [-0.1, -0.05) is 13.8 Å². The van der Waals surface area contributed by atoms with Crippen molar-refractivity contribution in [2.24, 2.45) is 0 Å².